The number of aromatic nitrogens is 1. The van der Waals surface area contributed by atoms with Gasteiger partial charge in [-0.3, -0.25) is 19.9 Å². The summed E-state index contributed by atoms with van der Waals surface area (Å²) >= 11 is 9.22. The maximum Gasteiger partial charge on any atom is 0.411 e. The van der Waals surface area contributed by atoms with Crippen LogP contribution in [-0.2, 0) is 22.4 Å². The van der Waals surface area contributed by atoms with Crippen LogP contribution < -0.4 is 16.0 Å². The molecule has 2 aliphatic rings. The number of ketones is 1. The molecule has 2 atom stereocenters. The number of carbonyl (C=O) groups excluding carboxylic acids is 3. The molecule has 232 valence electrons. The lowest BCUT2D eigenvalue weighted by atomic mass is 9.86. The van der Waals surface area contributed by atoms with Gasteiger partial charge in [-0.15, -0.1) is 0 Å². The Morgan fingerprint density at radius 3 is 2.70 bits per heavy atom. The van der Waals surface area contributed by atoms with E-state index in [0.717, 1.165) is 60.2 Å². The molecule has 0 fully saturated rings. The van der Waals surface area contributed by atoms with Crippen LogP contribution in [0.3, 0.4) is 0 Å². The number of anilines is 2. The van der Waals surface area contributed by atoms with Crippen molar-refractivity contribution in [3.63, 3.8) is 0 Å². The molecular weight excluding hydrogens is 651 g/mol. The standard InChI is InChI=1S/C33H35BrClFN4O4/c1-18-6-5-9-26(37-15-14-29(41)30-23(34)12-13-24(35)31(30)36)28-17-22(20-7-3-4-8-25(20)39-28)21-11-10-19(38-33(43)44-2)16-27(21)40-32(18)42/h10-13,16-18,26,37H,3-9,14-15H2,1-2H3,(H,38,43)(H,40,42)/t18-,26+/m1/s1. The molecular formula is C33H35BrClFN4O4. The number of amides is 2. The number of fused-ring (bicyclic) bond motifs is 6. The van der Waals surface area contributed by atoms with E-state index in [1.54, 1.807) is 18.2 Å². The Balaban J connectivity index is 1.51. The fraction of sp³-hybridized carbons (Fsp3) is 0.394. The number of Topliss-reactive ketones (excluding diaryl/α,β-unsaturated/α-hetero) is 1. The molecule has 3 N–H and O–H groups in total. The smallest absolute Gasteiger partial charge is 0.411 e. The van der Waals surface area contributed by atoms with Gasteiger partial charge < -0.3 is 15.4 Å². The van der Waals surface area contributed by atoms with Crippen LogP contribution in [0.4, 0.5) is 20.6 Å². The van der Waals surface area contributed by atoms with Crippen molar-refractivity contribution in [3.05, 3.63) is 74.2 Å². The number of hydrogen-bond donors (Lipinski definition) is 3. The van der Waals surface area contributed by atoms with Gasteiger partial charge in [-0.25, -0.2) is 9.18 Å². The normalized spacial score (nSPS) is 18.2. The lowest BCUT2D eigenvalue weighted by Gasteiger charge is -2.27. The second kappa shape index (κ2) is 14.2. The fourth-order valence-electron chi connectivity index (χ4n) is 5.91. The molecule has 1 aliphatic heterocycles. The van der Waals surface area contributed by atoms with Crippen molar-refractivity contribution >= 4 is 56.7 Å². The topological polar surface area (TPSA) is 109 Å². The van der Waals surface area contributed by atoms with Gasteiger partial charge >= 0.3 is 6.09 Å². The lowest BCUT2D eigenvalue weighted by Crippen LogP contribution is -2.27. The third kappa shape index (κ3) is 7.14. The molecule has 2 amide bonds. The average molecular weight is 686 g/mol. The van der Waals surface area contributed by atoms with Crippen LogP contribution in [0.5, 0.6) is 0 Å². The number of nitrogens with one attached hydrogen (secondary N) is 3. The number of nitrogens with zero attached hydrogens (tertiary/aromatic N) is 1. The van der Waals surface area contributed by atoms with E-state index in [1.165, 1.54) is 13.2 Å². The summed E-state index contributed by atoms with van der Waals surface area (Å²) in [5.41, 5.74) is 5.95. The number of aryl methyl sites for hydroxylation is 1. The average Bonchev–Trinajstić information content (AvgIpc) is 3.01. The van der Waals surface area contributed by atoms with Crippen LogP contribution in [-0.4, -0.2) is 36.4 Å². The maximum absolute atomic E-state index is 14.7. The predicted molar refractivity (Wildman–Crippen MR) is 173 cm³/mol. The van der Waals surface area contributed by atoms with Crippen molar-refractivity contribution in [1.29, 1.82) is 0 Å². The van der Waals surface area contributed by atoms with E-state index in [1.807, 2.05) is 13.0 Å². The van der Waals surface area contributed by atoms with Crippen LogP contribution in [0.2, 0.25) is 5.02 Å². The molecule has 3 aromatic rings. The zero-order chi connectivity index (χ0) is 31.4. The highest BCUT2D eigenvalue weighted by Gasteiger charge is 2.26. The van der Waals surface area contributed by atoms with Crippen LogP contribution >= 0.6 is 27.5 Å². The van der Waals surface area contributed by atoms with Crippen molar-refractivity contribution in [2.75, 3.05) is 24.3 Å². The summed E-state index contributed by atoms with van der Waals surface area (Å²) in [4.78, 5) is 43.4. The first-order valence-corrected chi connectivity index (χ1v) is 16.1. The summed E-state index contributed by atoms with van der Waals surface area (Å²) in [6, 6.07) is 10.3. The second-order valence-corrected chi connectivity index (χ2v) is 12.6. The summed E-state index contributed by atoms with van der Waals surface area (Å²) in [5, 5.41) is 9.22. The van der Waals surface area contributed by atoms with E-state index in [4.69, 9.17) is 21.3 Å². The molecule has 0 radical (unpaired) electrons. The molecule has 0 saturated heterocycles. The van der Waals surface area contributed by atoms with E-state index in [2.05, 4.69) is 37.9 Å². The summed E-state index contributed by atoms with van der Waals surface area (Å²) in [6.07, 6.45) is 5.39. The molecule has 44 heavy (non-hydrogen) atoms. The Labute approximate surface area is 269 Å². The number of ether oxygens (including phenoxy) is 1. The van der Waals surface area contributed by atoms with Gasteiger partial charge in [-0.2, -0.15) is 0 Å². The Kier molecular flexibility index (Phi) is 10.3. The van der Waals surface area contributed by atoms with Gasteiger partial charge in [0.1, 0.15) is 0 Å². The third-order valence-corrected chi connectivity index (χ3v) is 9.27. The van der Waals surface area contributed by atoms with E-state index in [9.17, 15) is 18.8 Å². The van der Waals surface area contributed by atoms with Crippen molar-refractivity contribution in [1.82, 2.24) is 10.3 Å². The van der Waals surface area contributed by atoms with Crippen molar-refractivity contribution in [2.45, 2.75) is 64.3 Å². The number of rotatable bonds is 6. The zero-order valence-corrected chi connectivity index (χ0v) is 27.0. The summed E-state index contributed by atoms with van der Waals surface area (Å²) < 4.78 is 19.8. The molecule has 0 saturated carbocycles. The first-order valence-electron chi connectivity index (χ1n) is 14.9. The van der Waals surface area contributed by atoms with E-state index < -0.39 is 11.9 Å². The van der Waals surface area contributed by atoms with Gasteiger partial charge in [0.2, 0.25) is 5.91 Å². The minimum atomic E-state index is -0.728. The van der Waals surface area contributed by atoms with Crippen LogP contribution in [0, 0.1) is 11.7 Å². The van der Waals surface area contributed by atoms with Crippen molar-refractivity contribution < 1.29 is 23.5 Å². The molecule has 2 aromatic carbocycles. The monoisotopic (exact) mass is 684 g/mol. The van der Waals surface area contributed by atoms with Gasteiger partial charge in [-0.05, 0) is 95.9 Å². The molecule has 11 heteroatoms. The first-order chi connectivity index (χ1) is 21.2. The highest BCUT2D eigenvalue weighted by Crippen LogP contribution is 2.39. The summed E-state index contributed by atoms with van der Waals surface area (Å²) in [7, 11) is 1.30. The fourth-order valence-corrected chi connectivity index (χ4v) is 6.60. The molecule has 8 nitrogen and oxygen atoms in total. The van der Waals surface area contributed by atoms with Crippen LogP contribution in [0.15, 0.2) is 40.9 Å². The van der Waals surface area contributed by atoms with Gasteiger partial charge in [-0.1, -0.05) is 31.0 Å². The minimum Gasteiger partial charge on any atom is -0.453 e. The van der Waals surface area contributed by atoms with Gasteiger partial charge in [0.05, 0.1) is 29.1 Å². The second-order valence-electron chi connectivity index (χ2n) is 11.3. The molecule has 2 heterocycles. The Morgan fingerprint density at radius 1 is 1.11 bits per heavy atom. The number of methoxy groups -OCH3 is 1. The number of pyridine rings is 1. The summed E-state index contributed by atoms with van der Waals surface area (Å²) in [6.45, 7) is 2.21. The maximum atomic E-state index is 14.7. The highest BCUT2D eigenvalue weighted by atomic mass is 79.9. The van der Waals surface area contributed by atoms with E-state index >= 15 is 0 Å². The van der Waals surface area contributed by atoms with Crippen LogP contribution in [0.25, 0.3) is 11.1 Å². The first kappa shape index (κ1) is 32.1. The van der Waals surface area contributed by atoms with E-state index in [0.29, 0.717) is 35.2 Å². The Morgan fingerprint density at radius 2 is 1.91 bits per heavy atom. The molecule has 2 bridgehead atoms. The van der Waals surface area contributed by atoms with Crippen molar-refractivity contribution in [3.8, 4) is 11.1 Å². The number of carbonyl (C=O) groups is 3. The molecule has 0 unspecified atom stereocenters. The Hall–Kier alpha value is -3.34. The van der Waals surface area contributed by atoms with Gasteiger partial charge in [0.25, 0.3) is 0 Å². The molecule has 5 rings (SSSR count). The van der Waals surface area contributed by atoms with Gasteiger partial charge in [0.15, 0.2) is 11.6 Å². The quantitative estimate of drug-likeness (QED) is 0.179. The largest absolute Gasteiger partial charge is 0.453 e. The van der Waals surface area contributed by atoms with E-state index in [-0.39, 0.29) is 40.7 Å². The molecule has 1 aromatic heterocycles. The lowest BCUT2D eigenvalue weighted by molar-refractivity contribution is -0.119. The third-order valence-electron chi connectivity index (χ3n) is 8.32. The minimum absolute atomic E-state index is 0.0512. The number of benzene rings is 2. The highest BCUT2D eigenvalue weighted by molar-refractivity contribution is 9.10. The van der Waals surface area contributed by atoms with Crippen LogP contribution in [0.1, 0.15) is 78.8 Å². The van der Waals surface area contributed by atoms with Crippen molar-refractivity contribution in [2.24, 2.45) is 5.92 Å². The molecule has 1 aliphatic carbocycles. The molecule has 0 spiro atoms. The van der Waals surface area contributed by atoms with Gasteiger partial charge in [0, 0.05) is 46.3 Å². The predicted octanol–water partition coefficient (Wildman–Crippen LogP) is 8.02. The SMILES string of the molecule is COC(=O)Nc1ccc2c(c1)NC(=O)[C@H](C)CCC[C@H](NCCC(=O)c1c(Br)ccc(Cl)c1F)c1cc-2c2c(n1)CCCC2. The number of halogens is 3. The number of hydrogen-bond acceptors (Lipinski definition) is 6. The zero-order valence-electron chi connectivity index (χ0n) is 24.7. The Bertz CT molecular complexity index is 1600. The summed E-state index contributed by atoms with van der Waals surface area (Å²) in [5.74, 6) is -1.44.